The molecule has 1 saturated heterocycles. The van der Waals surface area contributed by atoms with Gasteiger partial charge in [-0.1, -0.05) is 29.8 Å². The fourth-order valence-corrected chi connectivity index (χ4v) is 3.70. The Balaban J connectivity index is 1.30. The van der Waals surface area contributed by atoms with Crippen molar-refractivity contribution in [1.82, 2.24) is 10.2 Å². The molecule has 2 amide bonds. The van der Waals surface area contributed by atoms with Gasteiger partial charge in [-0.2, -0.15) is 0 Å². The number of benzene rings is 2. The summed E-state index contributed by atoms with van der Waals surface area (Å²) in [5.41, 5.74) is 4.06. The van der Waals surface area contributed by atoms with Crippen molar-refractivity contribution in [2.75, 3.05) is 31.1 Å². The zero-order valence-corrected chi connectivity index (χ0v) is 16.4. The number of nitrogens with one attached hydrogen (secondary N) is 1. The van der Waals surface area contributed by atoms with Gasteiger partial charge in [0, 0.05) is 49.9 Å². The highest BCUT2D eigenvalue weighted by Gasteiger charge is 2.34. The van der Waals surface area contributed by atoms with Crippen LogP contribution >= 0.6 is 0 Å². The number of carbonyl (C=O) groups excluding carboxylic acids is 2. The van der Waals surface area contributed by atoms with Crippen LogP contribution in [0, 0.1) is 12.8 Å². The minimum absolute atomic E-state index is 0.0621. The molecule has 2 aromatic carbocycles. The van der Waals surface area contributed by atoms with E-state index in [-0.39, 0.29) is 5.91 Å². The summed E-state index contributed by atoms with van der Waals surface area (Å²) < 4.78 is 0. The molecular formula is C23H27N3O2. The molecule has 28 heavy (non-hydrogen) atoms. The first-order valence-electron chi connectivity index (χ1n) is 10.1. The molecule has 0 aromatic heterocycles. The predicted octanol–water partition coefficient (Wildman–Crippen LogP) is 2.98. The smallest absolute Gasteiger partial charge is 0.251 e. The molecular weight excluding hydrogens is 350 g/mol. The lowest BCUT2D eigenvalue weighted by Gasteiger charge is -2.36. The molecule has 5 heteroatoms. The quantitative estimate of drug-likeness (QED) is 0.872. The fourth-order valence-electron chi connectivity index (χ4n) is 3.70. The molecule has 0 radical (unpaired) electrons. The van der Waals surface area contributed by atoms with Crippen molar-refractivity contribution < 1.29 is 9.59 Å². The van der Waals surface area contributed by atoms with Crippen LogP contribution in [0.2, 0.25) is 0 Å². The lowest BCUT2D eigenvalue weighted by Crippen LogP contribution is -2.49. The minimum atomic E-state index is -0.0621. The van der Waals surface area contributed by atoms with Gasteiger partial charge in [-0.3, -0.25) is 9.59 Å². The van der Waals surface area contributed by atoms with Crippen LogP contribution in [0.1, 0.15) is 34.3 Å². The standard InChI is InChI=1S/C23H27N3O2/c1-17-3-2-4-18(15-17)16-24-22(27)19-7-9-21(10-8-19)25-11-13-26(14-12-25)23(28)20-5-6-20/h2-4,7-10,15,20H,5-6,11-14,16H2,1H3,(H,24,27). The summed E-state index contributed by atoms with van der Waals surface area (Å²) in [7, 11) is 0. The summed E-state index contributed by atoms with van der Waals surface area (Å²) in [4.78, 5) is 28.9. The normalized spacial score (nSPS) is 16.8. The first-order chi connectivity index (χ1) is 13.6. The second-order valence-electron chi connectivity index (χ2n) is 7.81. The Kier molecular flexibility index (Phi) is 5.33. The van der Waals surface area contributed by atoms with E-state index < -0.39 is 0 Å². The lowest BCUT2D eigenvalue weighted by atomic mass is 10.1. The van der Waals surface area contributed by atoms with E-state index in [2.05, 4.69) is 16.3 Å². The molecule has 1 aliphatic carbocycles. The molecule has 4 rings (SSSR count). The van der Waals surface area contributed by atoms with E-state index in [0.717, 1.165) is 50.3 Å². The molecule has 0 bridgehead atoms. The topological polar surface area (TPSA) is 52.7 Å². The van der Waals surface area contributed by atoms with Crippen LogP contribution < -0.4 is 10.2 Å². The van der Waals surface area contributed by atoms with Crippen LogP contribution in [0.25, 0.3) is 0 Å². The second kappa shape index (κ2) is 8.05. The number of hydrogen-bond donors (Lipinski definition) is 1. The summed E-state index contributed by atoms with van der Waals surface area (Å²) in [6, 6.07) is 15.9. The van der Waals surface area contributed by atoms with Gasteiger partial charge in [-0.15, -0.1) is 0 Å². The molecule has 146 valence electrons. The van der Waals surface area contributed by atoms with Gasteiger partial charge in [-0.05, 0) is 49.6 Å². The third-order valence-corrected chi connectivity index (χ3v) is 5.55. The highest BCUT2D eigenvalue weighted by molar-refractivity contribution is 5.94. The second-order valence-corrected chi connectivity index (χ2v) is 7.81. The van der Waals surface area contributed by atoms with Gasteiger partial charge < -0.3 is 15.1 Å². The van der Waals surface area contributed by atoms with E-state index in [1.807, 2.05) is 54.3 Å². The molecule has 1 N–H and O–H groups in total. The van der Waals surface area contributed by atoms with E-state index >= 15 is 0 Å². The average molecular weight is 377 g/mol. The lowest BCUT2D eigenvalue weighted by molar-refractivity contribution is -0.132. The molecule has 0 unspecified atom stereocenters. The van der Waals surface area contributed by atoms with E-state index in [4.69, 9.17) is 0 Å². The first kappa shape index (κ1) is 18.5. The van der Waals surface area contributed by atoms with Crippen LogP contribution in [-0.2, 0) is 11.3 Å². The molecule has 2 aliphatic rings. The van der Waals surface area contributed by atoms with Crippen molar-refractivity contribution in [1.29, 1.82) is 0 Å². The van der Waals surface area contributed by atoms with Crippen molar-refractivity contribution >= 4 is 17.5 Å². The minimum Gasteiger partial charge on any atom is -0.368 e. The summed E-state index contributed by atoms with van der Waals surface area (Å²) in [6.45, 7) is 5.84. The SMILES string of the molecule is Cc1cccc(CNC(=O)c2ccc(N3CCN(C(=O)C4CC4)CC3)cc2)c1. The number of piperazine rings is 1. The Morgan fingerprint density at radius 2 is 1.71 bits per heavy atom. The fraction of sp³-hybridized carbons (Fsp3) is 0.391. The molecule has 0 atom stereocenters. The number of carbonyl (C=O) groups is 2. The summed E-state index contributed by atoms with van der Waals surface area (Å²) >= 11 is 0. The Bertz CT molecular complexity index is 850. The molecule has 2 aromatic rings. The van der Waals surface area contributed by atoms with Crippen molar-refractivity contribution in [2.45, 2.75) is 26.3 Å². The zero-order chi connectivity index (χ0) is 19.5. The van der Waals surface area contributed by atoms with Gasteiger partial charge in [0.2, 0.25) is 5.91 Å². The van der Waals surface area contributed by atoms with Crippen molar-refractivity contribution in [3.63, 3.8) is 0 Å². The van der Waals surface area contributed by atoms with Crippen molar-refractivity contribution in [3.05, 3.63) is 65.2 Å². The highest BCUT2D eigenvalue weighted by atomic mass is 16.2. The zero-order valence-electron chi connectivity index (χ0n) is 16.4. The van der Waals surface area contributed by atoms with Crippen LogP contribution in [0.15, 0.2) is 48.5 Å². The summed E-state index contributed by atoms with van der Waals surface area (Å²) in [5.74, 6) is 0.567. The molecule has 2 fully saturated rings. The monoisotopic (exact) mass is 377 g/mol. The third kappa shape index (κ3) is 4.35. The number of anilines is 1. The number of aryl methyl sites for hydroxylation is 1. The van der Waals surface area contributed by atoms with Gasteiger partial charge in [0.1, 0.15) is 0 Å². The maximum Gasteiger partial charge on any atom is 0.251 e. The summed E-state index contributed by atoms with van der Waals surface area (Å²) in [6.07, 6.45) is 2.12. The first-order valence-corrected chi connectivity index (χ1v) is 10.1. The third-order valence-electron chi connectivity index (χ3n) is 5.55. The number of rotatable bonds is 5. The molecule has 1 aliphatic heterocycles. The van der Waals surface area contributed by atoms with Crippen molar-refractivity contribution in [3.8, 4) is 0 Å². The van der Waals surface area contributed by atoms with Crippen LogP contribution in [0.5, 0.6) is 0 Å². The van der Waals surface area contributed by atoms with Gasteiger partial charge in [0.05, 0.1) is 0 Å². The van der Waals surface area contributed by atoms with Crippen LogP contribution in [0.4, 0.5) is 5.69 Å². The van der Waals surface area contributed by atoms with Crippen LogP contribution in [0.3, 0.4) is 0 Å². The average Bonchev–Trinajstić information content (AvgIpc) is 3.57. The maximum atomic E-state index is 12.4. The molecule has 1 saturated carbocycles. The van der Waals surface area contributed by atoms with Crippen molar-refractivity contribution in [2.24, 2.45) is 5.92 Å². The Morgan fingerprint density at radius 3 is 2.36 bits per heavy atom. The summed E-state index contributed by atoms with van der Waals surface area (Å²) in [5, 5.41) is 2.98. The van der Waals surface area contributed by atoms with Crippen LogP contribution in [-0.4, -0.2) is 42.9 Å². The molecule has 0 spiro atoms. The molecule has 1 heterocycles. The maximum absolute atomic E-state index is 12.4. The van der Waals surface area contributed by atoms with Gasteiger partial charge in [-0.25, -0.2) is 0 Å². The predicted molar refractivity (Wildman–Crippen MR) is 110 cm³/mol. The Labute approximate surface area is 166 Å². The van der Waals surface area contributed by atoms with E-state index in [1.165, 1.54) is 5.56 Å². The Morgan fingerprint density at radius 1 is 1.00 bits per heavy atom. The molecule has 5 nitrogen and oxygen atoms in total. The Hall–Kier alpha value is -2.82. The number of hydrogen-bond acceptors (Lipinski definition) is 3. The number of amides is 2. The largest absolute Gasteiger partial charge is 0.368 e. The van der Waals surface area contributed by atoms with Gasteiger partial charge in [0.25, 0.3) is 5.91 Å². The van der Waals surface area contributed by atoms with E-state index in [0.29, 0.717) is 23.9 Å². The van der Waals surface area contributed by atoms with E-state index in [1.54, 1.807) is 0 Å². The van der Waals surface area contributed by atoms with Gasteiger partial charge >= 0.3 is 0 Å². The number of nitrogens with zero attached hydrogens (tertiary/aromatic N) is 2. The highest BCUT2D eigenvalue weighted by Crippen LogP contribution is 2.31. The van der Waals surface area contributed by atoms with E-state index in [9.17, 15) is 9.59 Å². The van der Waals surface area contributed by atoms with Gasteiger partial charge in [0.15, 0.2) is 0 Å².